The lowest BCUT2D eigenvalue weighted by Crippen LogP contribution is -2.43. The van der Waals surface area contributed by atoms with Gasteiger partial charge in [-0.3, -0.25) is 4.79 Å². The molecule has 0 saturated heterocycles. The van der Waals surface area contributed by atoms with Crippen molar-refractivity contribution >= 4 is 17.5 Å². The molecule has 0 radical (unpaired) electrons. The Morgan fingerprint density at radius 1 is 1.25 bits per heavy atom. The fraction of sp³-hybridized carbons (Fsp3) is 0.682. The van der Waals surface area contributed by atoms with E-state index in [1.54, 1.807) is 6.07 Å². The molecule has 2 bridgehead atoms. The third kappa shape index (κ3) is 5.93. The van der Waals surface area contributed by atoms with Crippen LogP contribution in [0.5, 0.6) is 0 Å². The minimum Gasteiger partial charge on any atom is -0.395 e. The van der Waals surface area contributed by atoms with Crippen molar-refractivity contribution in [2.45, 2.75) is 51.6 Å². The number of benzene rings is 1. The normalized spacial score (nSPS) is 24.1. The van der Waals surface area contributed by atoms with Crippen molar-refractivity contribution in [1.29, 1.82) is 0 Å². The number of nitrogens with one attached hydrogen (secondary N) is 2. The van der Waals surface area contributed by atoms with Crippen molar-refractivity contribution < 1.29 is 14.6 Å². The summed E-state index contributed by atoms with van der Waals surface area (Å²) in [7, 11) is 0. The molecular weight excluding hydrogens is 376 g/mol. The zero-order chi connectivity index (χ0) is 19.8. The van der Waals surface area contributed by atoms with Gasteiger partial charge in [0.05, 0.1) is 30.4 Å². The molecule has 2 aliphatic rings. The maximum atomic E-state index is 12.8. The van der Waals surface area contributed by atoms with Crippen LogP contribution in [0.15, 0.2) is 18.2 Å². The molecule has 28 heavy (non-hydrogen) atoms. The third-order valence-electron chi connectivity index (χ3n) is 6.24. The van der Waals surface area contributed by atoms with Gasteiger partial charge in [-0.2, -0.15) is 0 Å². The molecule has 5 nitrogen and oxygen atoms in total. The summed E-state index contributed by atoms with van der Waals surface area (Å²) in [6, 6.07) is 5.50. The number of carbonyl (C=O) groups excluding carboxylic acids is 1. The quantitative estimate of drug-likeness (QED) is 0.518. The third-order valence-corrected chi connectivity index (χ3v) is 6.57. The van der Waals surface area contributed by atoms with Crippen molar-refractivity contribution in [3.05, 3.63) is 34.3 Å². The number of rotatable bonds is 10. The highest BCUT2D eigenvalue weighted by molar-refractivity contribution is 6.33. The Balaban J connectivity index is 1.51. The second-order valence-electron chi connectivity index (χ2n) is 8.38. The molecule has 1 amide bonds. The molecule has 1 aromatic carbocycles. The Morgan fingerprint density at radius 3 is 2.79 bits per heavy atom. The SMILES string of the molecule is O=C(NCC12CCCC(CCC1)C2)c1cc(COCCNCCO)ccc1Cl. The molecule has 3 N–H and O–H groups in total. The van der Waals surface area contributed by atoms with E-state index in [2.05, 4.69) is 10.6 Å². The van der Waals surface area contributed by atoms with Gasteiger partial charge in [0.25, 0.3) is 5.91 Å². The number of hydrogen-bond acceptors (Lipinski definition) is 4. The van der Waals surface area contributed by atoms with Crippen molar-refractivity contribution in [2.24, 2.45) is 11.3 Å². The Kier molecular flexibility index (Phi) is 8.15. The van der Waals surface area contributed by atoms with Gasteiger partial charge in [-0.25, -0.2) is 0 Å². The van der Waals surface area contributed by atoms with Gasteiger partial charge in [-0.15, -0.1) is 0 Å². The molecule has 0 aromatic heterocycles. The van der Waals surface area contributed by atoms with Gasteiger partial charge in [-0.05, 0) is 48.3 Å². The number of hydrogen-bond donors (Lipinski definition) is 3. The van der Waals surface area contributed by atoms with Crippen molar-refractivity contribution in [2.75, 3.05) is 32.8 Å². The van der Waals surface area contributed by atoms with Gasteiger partial charge >= 0.3 is 0 Å². The summed E-state index contributed by atoms with van der Waals surface area (Å²) in [6.07, 6.45) is 9.03. The van der Waals surface area contributed by atoms with Crippen LogP contribution in [0, 0.1) is 11.3 Å². The molecule has 2 saturated carbocycles. The predicted octanol–water partition coefficient (Wildman–Crippen LogP) is 3.53. The average molecular weight is 409 g/mol. The predicted molar refractivity (Wildman–Crippen MR) is 112 cm³/mol. The fourth-order valence-corrected chi connectivity index (χ4v) is 5.01. The molecule has 0 aliphatic heterocycles. The first-order valence-corrected chi connectivity index (χ1v) is 11.0. The minimum atomic E-state index is -0.0847. The van der Waals surface area contributed by atoms with Gasteiger partial charge in [-0.1, -0.05) is 43.4 Å². The molecule has 0 heterocycles. The Hall–Kier alpha value is -1.14. The maximum Gasteiger partial charge on any atom is 0.252 e. The average Bonchev–Trinajstić information content (AvgIpc) is 2.70. The summed E-state index contributed by atoms with van der Waals surface area (Å²) in [4.78, 5) is 12.8. The van der Waals surface area contributed by atoms with Gasteiger partial charge in [0.1, 0.15) is 0 Å². The van der Waals surface area contributed by atoms with E-state index in [4.69, 9.17) is 21.4 Å². The maximum absolute atomic E-state index is 12.8. The van der Waals surface area contributed by atoms with E-state index in [1.807, 2.05) is 12.1 Å². The van der Waals surface area contributed by atoms with Gasteiger partial charge in [0.15, 0.2) is 0 Å². The number of aliphatic hydroxyl groups excluding tert-OH is 1. The topological polar surface area (TPSA) is 70.6 Å². The van der Waals surface area contributed by atoms with E-state index in [9.17, 15) is 4.79 Å². The van der Waals surface area contributed by atoms with Crippen LogP contribution < -0.4 is 10.6 Å². The number of ether oxygens (including phenoxy) is 1. The number of fused-ring (bicyclic) bond motifs is 2. The Labute approximate surface area is 173 Å². The van der Waals surface area contributed by atoms with Gasteiger partial charge in [0, 0.05) is 19.6 Å². The monoisotopic (exact) mass is 408 g/mol. The van der Waals surface area contributed by atoms with Gasteiger partial charge in [0.2, 0.25) is 0 Å². The van der Waals surface area contributed by atoms with E-state index in [0.717, 1.165) is 18.0 Å². The summed E-state index contributed by atoms with van der Waals surface area (Å²) in [5.74, 6) is 0.772. The lowest BCUT2D eigenvalue weighted by Gasteiger charge is -2.45. The minimum absolute atomic E-state index is 0.0847. The van der Waals surface area contributed by atoms with Crippen LogP contribution in [0.1, 0.15) is 60.9 Å². The summed E-state index contributed by atoms with van der Waals surface area (Å²) in [5.41, 5.74) is 1.76. The standard InChI is InChI=1S/C22H33ClN2O3/c23-20-6-5-18(15-28-12-10-24-9-11-26)13-19(20)21(27)25-16-22-7-1-3-17(14-22)4-2-8-22/h5-6,13,17,24,26H,1-4,7-12,14-16H2,(H,25,27). The second kappa shape index (κ2) is 10.6. The largest absolute Gasteiger partial charge is 0.395 e. The van der Waals surface area contributed by atoms with Gasteiger partial charge < -0.3 is 20.5 Å². The smallest absolute Gasteiger partial charge is 0.252 e. The second-order valence-corrected chi connectivity index (χ2v) is 8.78. The molecule has 2 aliphatic carbocycles. The summed E-state index contributed by atoms with van der Waals surface area (Å²) >= 11 is 6.30. The van der Waals surface area contributed by atoms with E-state index < -0.39 is 0 Å². The van der Waals surface area contributed by atoms with Crippen LogP contribution in [-0.4, -0.2) is 43.9 Å². The van der Waals surface area contributed by atoms with Crippen LogP contribution in [0.25, 0.3) is 0 Å². The highest BCUT2D eigenvalue weighted by Gasteiger charge is 2.39. The Bertz CT molecular complexity index is 643. The van der Waals surface area contributed by atoms with E-state index in [1.165, 1.54) is 44.9 Å². The first-order valence-electron chi connectivity index (χ1n) is 10.6. The van der Waals surface area contributed by atoms with Crippen molar-refractivity contribution in [3.8, 4) is 0 Å². The number of halogens is 1. The van der Waals surface area contributed by atoms with Crippen LogP contribution >= 0.6 is 11.6 Å². The fourth-order valence-electron chi connectivity index (χ4n) is 4.81. The molecule has 0 unspecified atom stereocenters. The molecule has 156 valence electrons. The number of carbonyl (C=O) groups is 1. The molecular formula is C22H33ClN2O3. The molecule has 1 aromatic rings. The molecule has 2 fully saturated rings. The summed E-state index contributed by atoms with van der Waals surface area (Å²) in [6.45, 7) is 3.12. The first kappa shape index (κ1) is 21.6. The zero-order valence-electron chi connectivity index (χ0n) is 16.6. The Morgan fingerprint density at radius 2 is 2.04 bits per heavy atom. The molecule has 6 heteroatoms. The molecule has 0 spiro atoms. The van der Waals surface area contributed by atoms with E-state index >= 15 is 0 Å². The zero-order valence-corrected chi connectivity index (χ0v) is 17.4. The van der Waals surface area contributed by atoms with Crippen LogP contribution in [0.4, 0.5) is 0 Å². The highest BCUT2D eigenvalue weighted by Crippen LogP contribution is 2.48. The van der Waals surface area contributed by atoms with Crippen LogP contribution in [-0.2, 0) is 11.3 Å². The van der Waals surface area contributed by atoms with Crippen molar-refractivity contribution in [3.63, 3.8) is 0 Å². The van der Waals surface area contributed by atoms with Crippen LogP contribution in [0.3, 0.4) is 0 Å². The van der Waals surface area contributed by atoms with Crippen LogP contribution in [0.2, 0.25) is 5.02 Å². The first-order chi connectivity index (χ1) is 13.6. The molecule has 3 rings (SSSR count). The van der Waals surface area contributed by atoms with E-state index in [0.29, 0.717) is 42.3 Å². The highest BCUT2D eigenvalue weighted by atomic mass is 35.5. The summed E-state index contributed by atoms with van der Waals surface area (Å²) in [5, 5.41) is 15.5. The summed E-state index contributed by atoms with van der Waals surface area (Å²) < 4.78 is 5.63. The lowest BCUT2D eigenvalue weighted by atomic mass is 9.62. The molecule has 0 atom stereocenters. The number of amides is 1. The van der Waals surface area contributed by atoms with E-state index in [-0.39, 0.29) is 12.5 Å². The lowest BCUT2D eigenvalue weighted by molar-refractivity contribution is 0.0681. The van der Waals surface area contributed by atoms with Crippen molar-refractivity contribution in [1.82, 2.24) is 10.6 Å². The number of aliphatic hydroxyl groups is 1.